The number of hydrogen-bond acceptors (Lipinski definition) is 2. The van der Waals surface area contributed by atoms with Crippen molar-refractivity contribution >= 4 is 43.6 Å². The second-order valence-corrected chi connectivity index (χ2v) is 7.41. The van der Waals surface area contributed by atoms with Gasteiger partial charge in [0.25, 0.3) is 0 Å². The van der Waals surface area contributed by atoms with Gasteiger partial charge in [-0.25, -0.2) is 0 Å². The molecule has 0 spiro atoms. The van der Waals surface area contributed by atoms with E-state index in [1.807, 2.05) is 6.07 Å². The van der Waals surface area contributed by atoms with E-state index in [1.54, 1.807) is 11.8 Å². The van der Waals surface area contributed by atoms with Gasteiger partial charge in [-0.2, -0.15) is 0 Å². The maximum atomic E-state index is 3.68. The summed E-state index contributed by atoms with van der Waals surface area (Å²) < 4.78 is 2.25. The normalized spacial score (nSPS) is 12.4. The summed E-state index contributed by atoms with van der Waals surface area (Å²) in [6.45, 7) is 5.29. The Hall–Kier alpha value is -0.290. The summed E-state index contributed by atoms with van der Waals surface area (Å²) in [5.74, 6) is 0. The topological polar surface area (TPSA) is 12.0 Å². The molecular formula is C16H17Br2NS. The van der Waals surface area contributed by atoms with Crippen LogP contribution in [0.3, 0.4) is 0 Å². The van der Waals surface area contributed by atoms with Gasteiger partial charge in [-0.3, -0.25) is 0 Å². The van der Waals surface area contributed by atoms with Crippen LogP contribution in [0, 0.1) is 0 Å². The van der Waals surface area contributed by atoms with Crippen molar-refractivity contribution in [3.8, 4) is 0 Å². The Morgan fingerprint density at radius 3 is 2.60 bits per heavy atom. The average Bonchev–Trinajstić information content (AvgIpc) is 2.41. The van der Waals surface area contributed by atoms with E-state index in [1.165, 1.54) is 15.4 Å². The van der Waals surface area contributed by atoms with Crippen LogP contribution in [-0.4, -0.2) is 6.54 Å². The molecule has 0 fully saturated rings. The Morgan fingerprint density at radius 1 is 1.15 bits per heavy atom. The molecule has 0 aromatic heterocycles. The molecule has 4 heteroatoms. The van der Waals surface area contributed by atoms with Gasteiger partial charge in [0.05, 0.1) is 0 Å². The molecule has 0 heterocycles. The quantitative estimate of drug-likeness (QED) is 0.640. The fourth-order valence-electron chi connectivity index (χ4n) is 1.95. The molecule has 1 N–H and O–H groups in total. The zero-order valence-corrected chi connectivity index (χ0v) is 15.5. The number of nitrogens with one attached hydrogen (secondary N) is 1. The lowest BCUT2D eigenvalue weighted by atomic mass is 10.1. The molecule has 0 saturated carbocycles. The second kappa shape index (κ2) is 7.64. The Kier molecular flexibility index (Phi) is 6.15. The van der Waals surface area contributed by atoms with E-state index in [-0.39, 0.29) is 0 Å². The summed E-state index contributed by atoms with van der Waals surface area (Å²) in [6, 6.07) is 15.3. The molecule has 0 bridgehead atoms. The van der Waals surface area contributed by atoms with Crippen molar-refractivity contribution in [1.29, 1.82) is 0 Å². The third-order valence-corrected chi connectivity index (χ3v) is 5.47. The molecule has 0 aliphatic rings. The average molecular weight is 415 g/mol. The Morgan fingerprint density at radius 2 is 1.95 bits per heavy atom. The summed E-state index contributed by atoms with van der Waals surface area (Å²) in [4.78, 5) is 2.46. The maximum absolute atomic E-state index is 3.68. The minimum atomic E-state index is 0.376. The Bertz CT molecular complexity index is 586. The number of hydrogen-bond donors (Lipinski definition) is 1. The van der Waals surface area contributed by atoms with E-state index in [0.717, 1.165) is 15.5 Å². The number of rotatable bonds is 5. The molecule has 106 valence electrons. The molecule has 2 aromatic carbocycles. The predicted octanol–water partition coefficient (Wildman–Crippen LogP) is 6.03. The van der Waals surface area contributed by atoms with E-state index in [2.05, 4.69) is 87.4 Å². The minimum absolute atomic E-state index is 0.376. The van der Waals surface area contributed by atoms with Gasteiger partial charge in [0.15, 0.2) is 0 Å². The highest BCUT2D eigenvalue weighted by molar-refractivity contribution is 9.10. The molecule has 0 aliphatic heterocycles. The van der Waals surface area contributed by atoms with Gasteiger partial charge in [0, 0.05) is 24.8 Å². The third-order valence-electron chi connectivity index (χ3n) is 2.99. The molecule has 1 unspecified atom stereocenters. The van der Waals surface area contributed by atoms with Crippen LogP contribution in [0.4, 0.5) is 0 Å². The van der Waals surface area contributed by atoms with Crippen LogP contribution in [-0.2, 0) is 0 Å². The van der Waals surface area contributed by atoms with E-state index in [0.29, 0.717) is 6.04 Å². The zero-order chi connectivity index (χ0) is 14.5. The van der Waals surface area contributed by atoms with Gasteiger partial charge in [-0.15, -0.1) is 0 Å². The fourth-order valence-corrected chi connectivity index (χ4v) is 4.02. The predicted molar refractivity (Wildman–Crippen MR) is 94.5 cm³/mol. The Balaban J connectivity index is 2.17. The summed E-state index contributed by atoms with van der Waals surface area (Å²) in [7, 11) is 0. The molecule has 0 radical (unpaired) electrons. The van der Waals surface area contributed by atoms with Gasteiger partial charge in [0.2, 0.25) is 0 Å². The molecule has 2 aromatic rings. The van der Waals surface area contributed by atoms with Crippen molar-refractivity contribution in [2.75, 3.05) is 6.54 Å². The van der Waals surface area contributed by atoms with Crippen LogP contribution in [0.25, 0.3) is 0 Å². The van der Waals surface area contributed by atoms with Crippen LogP contribution in [0.2, 0.25) is 0 Å². The van der Waals surface area contributed by atoms with Gasteiger partial charge in [0.1, 0.15) is 0 Å². The number of halogens is 2. The van der Waals surface area contributed by atoms with Crippen LogP contribution < -0.4 is 5.32 Å². The van der Waals surface area contributed by atoms with E-state index < -0.39 is 0 Å². The van der Waals surface area contributed by atoms with E-state index >= 15 is 0 Å². The summed E-state index contributed by atoms with van der Waals surface area (Å²) in [5, 5.41) is 3.43. The lowest BCUT2D eigenvalue weighted by Gasteiger charge is -2.14. The van der Waals surface area contributed by atoms with Gasteiger partial charge < -0.3 is 5.32 Å². The zero-order valence-electron chi connectivity index (χ0n) is 11.5. The molecule has 2 rings (SSSR count). The summed E-state index contributed by atoms with van der Waals surface area (Å²) in [6.07, 6.45) is 0. The summed E-state index contributed by atoms with van der Waals surface area (Å²) in [5.41, 5.74) is 1.30. The summed E-state index contributed by atoms with van der Waals surface area (Å²) >= 11 is 8.96. The smallest absolute Gasteiger partial charge is 0.0318 e. The highest BCUT2D eigenvalue weighted by Crippen LogP contribution is 2.35. The van der Waals surface area contributed by atoms with Gasteiger partial charge >= 0.3 is 0 Å². The monoisotopic (exact) mass is 413 g/mol. The van der Waals surface area contributed by atoms with Gasteiger partial charge in [-0.05, 0) is 65.3 Å². The first-order valence-corrected chi connectivity index (χ1v) is 8.96. The Labute approximate surface area is 141 Å². The van der Waals surface area contributed by atoms with Gasteiger partial charge in [-0.1, -0.05) is 46.7 Å². The van der Waals surface area contributed by atoms with Crippen LogP contribution in [0.15, 0.2) is 61.2 Å². The van der Waals surface area contributed by atoms with E-state index in [9.17, 15) is 0 Å². The SMILES string of the molecule is CCNC(C)c1ccc(Sc2cccc(Br)c2)c(Br)c1. The first kappa shape index (κ1) is 16.1. The molecule has 20 heavy (non-hydrogen) atoms. The maximum Gasteiger partial charge on any atom is 0.0318 e. The second-order valence-electron chi connectivity index (χ2n) is 4.53. The lowest BCUT2D eigenvalue weighted by molar-refractivity contribution is 0.597. The molecule has 1 atom stereocenters. The first-order chi connectivity index (χ1) is 9.60. The molecule has 0 aliphatic carbocycles. The van der Waals surface area contributed by atoms with Crippen molar-refractivity contribution in [2.45, 2.75) is 29.7 Å². The lowest BCUT2D eigenvalue weighted by Crippen LogP contribution is -2.17. The van der Waals surface area contributed by atoms with Crippen molar-refractivity contribution in [3.63, 3.8) is 0 Å². The van der Waals surface area contributed by atoms with Crippen LogP contribution in [0.1, 0.15) is 25.5 Å². The highest BCUT2D eigenvalue weighted by Gasteiger charge is 2.08. The van der Waals surface area contributed by atoms with Crippen molar-refractivity contribution in [2.24, 2.45) is 0 Å². The largest absolute Gasteiger partial charge is 0.310 e. The fraction of sp³-hybridized carbons (Fsp3) is 0.250. The van der Waals surface area contributed by atoms with Crippen LogP contribution in [0.5, 0.6) is 0 Å². The molecule has 0 amide bonds. The molecular weight excluding hydrogens is 398 g/mol. The van der Waals surface area contributed by atoms with Crippen molar-refractivity contribution < 1.29 is 0 Å². The molecule has 0 saturated heterocycles. The first-order valence-electron chi connectivity index (χ1n) is 6.56. The van der Waals surface area contributed by atoms with E-state index in [4.69, 9.17) is 0 Å². The van der Waals surface area contributed by atoms with Crippen molar-refractivity contribution in [3.05, 3.63) is 57.0 Å². The third kappa shape index (κ3) is 4.35. The van der Waals surface area contributed by atoms with Crippen LogP contribution >= 0.6 is 43.6 Å². The minimum Gasteiger partial charge on any atom is -0.310 e. The highest BCUT2D eigenvalue weighted by atomic mass is 79.9. The van der Waals surface area contributed by atoms with Crippen molar-refractivity contribution in [1.82, 2.24) is 5.32 Å². The number of benzene rings is 2. The molecule has 1 nitrogen and oxygen atoms in total. The standard InChI is InChI=1S/C16H17Br2NS/c1-3-19-11(2)12-7-8-16(15(18)9-12)20-14-6-4-5-13(17)10-14/h4-11,19H,3H2,1-2H3.